The minimum Gasteiger partial charge on any atom is -0.330 e. The standard InChI is InChI=1S/C9H19NO.CO2/c1-2-6-9(11)7-4-3-5-8-10;2-1-3/h2-8,10H2,1H3;. The first kappa shape index (κ1) is 15.5. The van der Waals surface area contributed by atoms with Gasteiger partial charge in [0.25, 0.3) is 0 Å². The van der Waals surface area contributed by atoms with Crippen molar-refractivity contribution < 1.29 is 14.4 Å². The van der Waals surface area contributed by atoms with Gasteiger partial charge in [-0.05, 0) is 25.8 Å². The van der Waals surface area contributed by atoms with Crippen LogP contribution in [0.3, 0.4) is 0 Å². The van der Waals surface area contributed by atoms with E-state index >= 15 is 0 Å². The second-order valence-corrected chi connectivity index (χ2v) is 2.97. The van der Waals surface area contributed by atoms with E-state index in [9.17, 15) is 4.79 Å². The third kappa shape index (κ3) is 17.2. The molecule has 0 saturated carbocycles. The summed E-state index contributed by atoms with van der Waals surface area (Å²) in [5.74, 6) is 0.407. The number of hydrogen-bond donors (Lipinski definition) is 1. The van der Waals surface area contributed by atoms with Crippen molar-refractivity contribution in [2.45, 2.75) is 45.4 Å². The van der Waals surface area contributed by atoms with E-state index in [4.69, 9.17) is 15.3 Å². The van der Waals surface area contributed by atoms with Crippen molar-refractivity contribution in [3.63, 3.8) is 0 Å². The molecule has 0 aliphatic rings. The minimum absolute atomic E-state index is 0.250. The summed E-state index contributed by atoms with van der Waals surface area (Å²) in [4.78, 5) is 27.2. The number of Topliss-reactive ketones (excluding diaryl/α,β-unsaturated/α-hetero) is 1. The third-order valence-corrected chi connectivity index (χ3v) is 1.69. The van der Waals surface area contributed by atoms with Gasteiger partial charge in [0.2, 0.25) is 0 Å². The molecular formula is C10H19NO3. The normalized spacial score (nSPS) is 8.43. The number of unbranched alkanes of at least 4 members (excludes halogenated alkanes) is 2. The van der Waals surface area contributed by atoms with Crippen LogP contribution in [-0.4, -0.2) is 18.5 Å². The molecule has 0 amide bonds. The van der Waals surface area contributed by atoms with E-state index in [2.05, 4.69) is 0 Å². The maximum absolute atomic E-state index is 11.0. The van der Waals surface area contributed by atoms with E-state index in [0.717, 1.165) is 45.1 Å². The van der Waals surface area contributed by atoms with Crippen molar-refractivity contribution in [1.82, 2.24) is 0 Å². The van der Waals surface area contributed by atoms with Crippen LogP contribution >= 0.6 is 0 Å². The zero-order valence-corrected chi connectivity index (χ0v) is 8.75. The first-order valence-electron chi connectivity index (χ1n) is 4.93. The van der Waals surface area contributed by atoms with E-state index in [0.29, 0.717) is 5.78 Å². The van der Waals surface area contributed by atoms with Crippen LogP contribution < -0.4 is 5.73 Å². The molecule has 14 heavy (non-hydrogen) atoms. The quantitative estimate of drug-likeness (QED) is 0.629. The fraction of sp³-hybridized carbons (Fsp3) is 0.800. The van der Waals surface area contributed by atoms with Gasteiger partial charge in [0.1, 0.15) is 5.78 Å². The van der Waals surface area contributed by atoms with Crippen LogP contribution in [0.5, 0.6) is 0 Å². The summed E-state index contributed by atoms with van der Waals surface area (Å²) in [6.45, 7) is 2.79. The highest BCUT2D eigenvalue weighted by Gasteiger charge is 1.98. The van der Waals surface area contributed by atoms with E-state index in [1.165, 1.54) is 0 Å². The monoisotopic (exact) mass is 201 g/mol. The van der Waals surface area contributed by atoms with Gasteiger partial charge in [-0.3, -0.25) is 4.79 Å². The lowest BCUT2D eigenvalue weighted by molar-refractivity contribution is -0.191. The number of rotatable bonds is 7. The Balaban J connectivity index is 0. The van der Waals surface area contributed by atoms with Gasteiger partial charge in [-0.15, -0.1) is 0 Å². The first-order valence-corrected chi connectivity index (χ1v) is 4.93. The van der Waals surface area contributed by atoms with Crippen LogP contribution in [0.4, 0.5) is 0 Å². The zero-order valence-electron chi connectivity index (χ0n) is 8.75. The van der Waals surface area contributed by atoms with Gasteiger partial charge in [-0.2, -0.15) is 9.59 Å². The van der Waals surface area contributed by atoms with Crippen molar-refractivity contribution in [1.29, 1.82) is 0 Å². The molecule has 0 rings (SSSR count). The van der Waals surface area contributed by atoms with Crippen molar-refractivity contribution in [2.75, 3.05) is 6.54 Å². The fourth-order valence-electron chi connectivity index (χ4n) is 1.05. The van der Waals surface area contributed by atoms with E-state index in [1.54, 1.807) is 0 Å². The highest BCUT2D eigenvalue weighted by Crippen LogP contribution is 2.02. The Morgan fingerprint density at radius 2 is 1.71 bits per heavy atom. The number of ketones is 1. The molecule has 0 saturated heterocycles. The Morgan fingerprint density at radius 1 is 1.14 bits per heavy atom. The molecule has 0 aliphatic carbocycles. The molecule has 0 atom stereocenters. The lowest BCUT2D eigenvalue weighted by atomic mass is 10.1. The topological polar surface area (TPSA) is 77.2 Å². The molecule has 82 valence electrons. The average Bonchev–Trinajstić information content (AvgIpc) is 2.14. The number of nitrogens with two attached hydrogens (primary N) is 1. The molecular weight excluding hydrogens is 182 g/mol. The highest BCUT2D eigenvalue weighted by molar-refractivity contribution is 5.78. The molecule has 0 bridgehead atoms. The molecule has 0 spiro atoms. The van der Waals surface area contributed by atoms with Crippen LogP contribution in [0, 0.1) is 0 Å². The summed E-state index contributed by atoms with van der Waals surface area (Å²) in [5, 5.41) is 0. The minimum atomic E-state index is 0.250. The predicted octanol–water partition coefficient (Wildman–Crippen LogP) is 1.29. The van der Waals surface area contributed by atoms with E-state index < -0.39 is 0 Å². The zero-order chi connectivity index (χ0) is 11.2. The van der Waals surface area contributed by atoms with Crippen LogP contribution in [-0.2, 0) is 14.4 Å². The smallest absolute Gasteiger partial charge is 0.330 e. The van der Waals surface area contributed by atoms with Crippen molar-refractivity contribution >= 4 is 11.9 Å². The average molecular weight is 201 g/mol. The molecule has 0 fully saturated rings. The number of carbonyl (C=O) groups excluding carboxylic acids is 3. The van der Waals surface area contributed by atoms with E-state index in [-0.39, 0.29) is 6.15 Å². The van der Waals surface area contributed by atoms with Gasteiger partial charge in [-0.1, -0.05) is 13.3 Å². The van der Waals surface area contributed by atoms with Crippen LogP contribution in [0.2, 0.25) is 0 Å². The molecule has 2 N–H and O–H groups in total. The largest absolute Gasteiger partial charge is 0.373 e. The maximum atomic E-state index is 11.0. The second kappa shape index (κ2) is 14.5. The maximum Gasteiger partial charge on any atom is 0.373 e. The molecule has 0 radical (unpaired) electrons. The number of carbonyl (C=O) groups is 1. The summed E-state index contributed by atoms with van der Waals surface area (Å²) in [6, 6.07) is 0. The van der Waals surface area contributed by atoms with Gasteiger partial charge in [0, 0.05) is 12.8 Å². The lowest BCUT2D eigenvalue weighted by Crippen LogP contribution is -2.00. The molecule has 0 unspecified atom stereocenters. The van der Waals surface area contributed by atoms with Crippen LogP contribution in [0.25, 0.3) is 0 Å². The third-order valence-electron chi connectivity index (χ3n) is 1.69. The summed E-state index contributed by atoms with van der Waals surface area (Å²) in [6.07, 6.45) is 5.92. The summed E-state index contributed by atoms with van der Waals surface area (Å²) < 4.78 is 0. The fourth-order valence-corrected chi connectivity index (χ4v) is 1.05. The Hall–Kier alpha value is -0.990. The van der Waals surface area contributed by atoms with Crippen LogP contribution in [0.1, 0.15) is 45.4 Å². The Bertz CT molecular complexity index is 163. The Kier molecular flexibility index (Phi) is 16.1. The summed E-state index contributed by atoms with van der Waals surface area (Å²) in [5.41, 5.74) is 5.32. The van der Waals surface area contributed by atoms with Gasteiger partial charge < -0.3 is 5.73 Å². The molecule has 0 aromatic heterocycles. The summed E-state index contributed by atoms with van der Waals surface area (Å²) in [7, 11) is 0. The Labute approximate surface area is 84.9 Å². The van der Waals surface area contributed by atoms with Crippen LogP contribution in [0.15, 0.2) is 0 Å². The lowest BCUT2D eigenvalue weighted by Gasteiger charge is -1.97. The SMILES string of the molecule is CCCC(=O)CCCCCN.O=C=O. The molecule has 0 aromatic carbocycles. The predicted molar refractivity (Wildman–Crippen MR) is 52.4 cm³/mol. The van der Waals surface area contributed by atoms with Gasteiger partial charge in [0.15, 0.2) is 0 Å². The molecule has 0 aliphatic heterocycles. The molecule has 4 nitrogen and oxygen atoms in total. The summed E-state index contributed by atoms with van der Waals surface area (Å²) >= 11 is 0. The highest BCUT2D eigenvalue weighted by atomic mass is 16.2. The molecule has 0 heterocycles. The van der Waals surface area contributed by atoms with E-state index in [1.807, 2.05) is 6.92 Å². The van der Waals surface area contributed by atoms with Gasteiger partial charge >= 0.3 is 6.15 Å². The molecule has 0 aromatic rings. The Morgan fingerprint density at radius 3 is 2.14 bits per heavy atom. The number of hydrogen-bond acceptors (Lipinski definition) is 4. The molecule has 4 heteroatoms. The first-order chi connectivity index (χ1) is 6.72. The van der Waals surface area contributed by atoms with Crippen molar-refractivity contribution in [3.05, 3.63) is 0 Å². The van der Waals surface area contributed by atoms with Gasteiger partial charge in [0.05, 0.1) is 0 Å². The van der Waals surface area contributed by atoms with Crippen molar-refractivity contribution in [2.24, 2.45) is 5.73 Å². The second-order valence-electron chi connectivity index (χ2n) is 2.97. The van der Waals surface area contributed by atoms with Crippen molar-refractivity contribution in [3.8, 4) is 0 Å². The van der Waals surface area contributed by atoms with Gasteiger partial charge in [-0.25, -0.2) is 0 Å².